The average molecular weight is 279 g/mol. The van der Waals surface area contributed by atoms with Gasteiger partial charge in [-0.1, -0.05) is 0 Å². The summed E-state index contributed by atoms with van der Waals surface area (Å²) in [5, 5.41) is 6.80. The average Bonchev–Trinajstić information content (AvgIpc) is 2.64. The van der Waals surface area contributed by atoms with Gasteiger partial charge in [0.05, 0.1) is 11.3 Å². The van der Waals surface area contributed by atoms with Crippen molar-refractivity contribution in [2.45, 2.75) is 20.4 Å². The van der Waals surface area contributed by atoms with Crippen molar-refractivity contribution in [2.24, 2.45) is 7.05 Å². The summed E-state index contributed by atoms with van der Waals surface area (Å²) >= 11 is 0. The van der Waals surface area contributed by atoms with Crippen LogP contribution in [-0.4, -0.2) is 15.7 Å². The molecule has 1 amide bonds. The number of aromatic nitrogens is 2. The lowest BCUT2D eigenvalue weighted by Crippen LogP contribution is -2.24. The van der Waals surface area contributed by atoms with E-state index in [9.17, 15) is 13.6 Å². The Morgan fingerprint density at radius 1 is 1.35 bits per heavy atom. The summed E-state index contributed by atoms with van der Waals surface area (Å²) < 4.78 is 28.2. The van der Waals surface area contributed by atoms with E-state index in [1.165, 1.54) is 0 Å². The molecule has 0 saturated carbocycles. The molecular weight excluding hydrogens is 264 g/mol. The number of halogens is 2. The van der Waals surface area contributed by atoms with Crippen molar-refractivity contribution < 1.29 is 13.6 Å². The largest absolute Gasteiger partial charge is 0.348 e. The number of nitrogens with one attached hydrogen (secondary N) is 1. The van der Waals surface area contributed by atoms with Gasteiger partial charge in [0.15, 0.2) is 0 Å². The number of carbonyl (C=O) groups is 1. The van der Waals surface area contributed by atoms with E-state index in [1.54, 1.807) is 11.7 Å². The maximum atomic E-state index is 13.5. The van der Waals surface area contributed by atoms with Crippen molar-refractivity contribution in [1.82, 2.24) is 15.1 Å². The van der Waals surface area contributed by atoms with Crippen LogP contribution < -0.4 is 5.32 Å². The normalized spacial score (nSPS) is 10.7. The molecule has 0 aliphatic rings. The van der Waals surface area contributed by atoms with Gasteiger partial charge < -0.3 is 5.32 Å². The van der Waals surface area contributed by atoms with Crippen molar-refractivity contribution in [1.29, 1.82) is 0 Å². The van der Waals surface area contributed by atoms with E-state index in [-0.39, 0.29) is 12.1 Å². The molecule has 4 nitrogen and oxygen atoms in total. The molecular formula is C14H15F2N3O. The second kappa shape index (κ2) is 5.40. The van der Waals surface area contributed by atoms with Crippen LogP contribution in [0.15, 0.2) is 18.2 Å². The molecule has 0 aliphatic heterocycles. The van der Waals surface area contributed by atoms with Crippen molar-refractivity contribution in [3.05, 3.63) is 52.3 Å². The van der Waals surface area contributed by atoms with E-state index < -0.39 is 17.5 Å². The molecule has 1 aromatic carbocycles. The summed E-state index contributed by atoms with van der Waals surface area (Å²) in [6, 6.07) is 2.79. The third-order valence-corrected chi connectivity index (χ3v) is 3.26. The quantitative estimate of drug-likeness (QED) is 0.936. The van der Waals surface area contributed by atoms with Gasteiger partial charge in [-0.2, -0.15) is 5.10 Å². The first-order chi connectivity index (χ1) is 9.40. The molecule has 2 aromatic rings. The Balaban J connectivity index is 2.15. The molecule has 0 spiro atoms. The second-order valence-corrected chi connectivity index (χ2v) is 4.58. The predicted octanol–water partition coefficient (Wildman–Crippen LogP) is 2.25. The van der Waals surface area contributed by atoms with Crippen LogP contribution >= 0.6 is 0 Å². The van der Waals surface area contributed by atoms with E-state index in [0.29, 0.717) is 0 Å². The Morgan fingerprint density at radius 3 is 2.65 bits per heavy atom. The first-order valence-corrected chi connectivity index (χ1v) is 6.12. The van der Waals surface area contributed by atoms with Crippen LogP contribution in [0.5, 0.6) is 0 Å². The van der Waals surface area contributed by atoms with Gasteiger partial charge >= 0.3 is 0 Å². The number of benzene rings is 1. The van der Waals surface area contributed by atoms with Gasteiger partial charge in [-0.15, -0.1) is 0 Å². The summed E-state index contributed by atoms with van der Waals surface area (Å²) in [5.74, 6) is -2.04. The molecule has 20 heavy (non-hydrogen) atoms. The Morgan fingerprint density at radius 2 is 2.05 bits per heavy atom. The van der Waals surface area contributed by atoms with Gasteiger partial charge in [-0.3, -0.25) is 9.48 Å². The minimum absolute atomic E-state index is 0.223. The van der Waals surface area contributed by atoms with Gasteiger partial charge in [0.25, 0.3) is 5.91 Å². The number of aryl methyl sites for hydroxylation is 2. The van der Waals surface area contributed by atoms with Gasteiger partial charge in [0, 0.05) is 24.8 Å². The molecule has 106 valence electrons. The fourth-order valence-electron chi connectivity index (χ4n) is 2.01. The van der Waals surface area contributed by atoms with Gasteiger partial charge in [-0.05, 0) is 32.0 Å². The number of carbonyl (C=O) groups excluding carboxylic acids is 1. The van der Waals surface area contributed by atoms with Gasteiger partial charge in [0.2, 0.25) is 0 Å². The zero-order chi connectivity index (χ0) is 14.9. The molecule has 0 bridgehead atoms. The molecule has 0 saturated heterocycles. The summed E-state index contributed by atoms with van der Waals surface area (Å²) in [4.78, 5) is 11.9. The number of amides is 1. The summed E-state index contributed by atoms with van der Waals surface area (Å²) in [6.45, 7) is 3.93. The minimum Gasteiger partial charge on any atom is -0.348 e. The Kier molecular flexibility index (Phi) is 3.83. The number of nitrogens with zero attached hydrogens (tertiary/aromatic N) is 2. The number of hydrogen-bond donors (Lipinski definition) is 1. The topological polar surface area (TPSA) is 46.9 Å². The van der Waals surface area contributed by atoms with Gasteiger partial charge in [0.1, 0.15) is 11.6 Å². The molecule has 0 aliphatic carbocycles. The van der Waals surface area contributed by atoms with Crippen LogP contribution in [0, 0.1) is 25.5 Å². The fraction of sp³-hybridized carbons (Fsp3) is 0.286. The SMILES string of the molecule is Cc1nn(C)c(C)c1CNC(=O)c1cc(F)ccc1F. The maximum absolute atomic E-state index is 13.5. The molecule has 0 radical (unpaired) electrons. The zero-order valence-corrected chi connectivity index (χ0v) is 11.5. The minimum atomic E-state index is -0.747. The van der Waals surface area contributed by atoms with Crippen LogP contribution in [0.3, 0.4) is 0 Å². The number of hydrogen-bond acceptors (Lipinski definition) is 2. The maximum Gasteiger partial charge on any atom is 0.254 e. The van der Waals surface area contributed by atoms with E-state index in [1.807, 2.05) is 13.8 Å². The van der Waals surface area contributed by atoms with Crippen LogP contribution in [0.2, 0.25) is 0 Å². The third-order valence-electron chi connectivity index (χ3n) is 3.26. The third kappa shape index (κ3) is 2.68. The summed E-state index contributed by atoms with van der Waals surface area (Å²) in [5.41, 5.74) is 2.29. The highest BCUT2D eigenvalue weighted by atomic mass is 19.1. The molecule has 2 rings (SSSR count). The van der Waals surface area contributed by atoms with Crippen molar-refractivity contribution in [3.8, 4) is 0 Å². The van der Waals surface area contributed by atoms with Crippen molar-refractivity contribution in [2.75, 3.05) is 0 Å². The molecule has 0 unspecified atom stereocenters. The lowest BCUT2D eigenvalue weighted by Gasteiger charge is -2.07. The molecule has 1 aromatic heterocycles. The molecule has 0 atom stereocenters. The highest BCUT2D eigenvalue weighted by Crippen LogP contribution is 2.13. The monoisotopic (exact) mass is 279 g/mol. The zero-order valence-electron chi connectivity index (χ0n) is 11.5. The lowest BCUT2D eigenvalue weighted by molar-refractivity contribution is 0.0946. The predicted molar refractivity (Wildman–Crippen MR) is 70.2 cm³/mol. The molecule has 0 fully saturated rings. The first-order valence-electron chi connectivity index (χ1n) is 6.12. The number of rotatable bonds is 3. The Labute approximate surface area is 115 Å². The lowest BCUT2D eigenvalue weighted by atomic mass is 10.1. The highest BCUT2D eigenvalue weighted by Gasteiger charge is 2.15. The Hall–Kier alpha value is -2.24. The second-order valence-electron chi connectivity index (χ2n) is 4.58. The van der Waals surface area contributed by atoms with E-state index in [0.717, 1.165) is 35.2 Å². The molecule has 6 heteroatoms. The summed E-state index contributed by atoms with van der Waals surface area (Å²) in [6.07, 6.45) is 0. The van der Waals surface area contributed by atoms with Crippen LogP contribution in [0.1, 0.15) is 27.3 Å². The van der Waals surface area contributed by atoms with Crippen LogP contribution in [0.4, 0.5) is 8.78 Å². The van der Waals surface area contributed by atoms with Gasteiger partial charge in [-0.25, -0.2) is 8.78 Å². The summed E-state index contributed by atoms with van der Waals surface area (Å²) in [7, 11) is 1.81. The Bertz CT molecular complexity index is 665. The molecule has 1 N–H and O–H groups in total. The smallest absolute Gasteiger partial charge is 0.254 e. The first kappa shape index (κ1) is 14.2. The van der Waals surface area contributed by atoms with E-state index in [4.69, 9.17) is 0 Å². The van der Waals surface area contributed by atoms with Crippen molar-refractivity contribution >= 4 is 5.91 Å². The van der Waals surface area contributed by atoms with E-state index >= 15 is 0 Å². The highest BCUT2D eigenvalue weighted by molar-refractivity contribution is 5.94. The van der Waals surface area contributed by atoms with Crippen LogP contribution in [-0.2, 0) is 13.6 Å². The standard InChI is InChI=1S/C14H15F2N3O/c1-8-12(9(2)19(3)18-8)7-17-14(20)11-6-10(15)4-5-13(11)16/h4-6H,7H2,1-3H3,(H,17,20). The van der Waals surface area contributed by atoms with Crippen molar-refractivity contribution in [3.63, 3.8) is 0 Å². The fourth-order valence-corrected chi connectivity index (χ4v) is 2.01. The van der Waals surface area contributed by atoms with Crippen LogP contribution in [0.25, 0.3) is 0 Å². The molecule has 1 heterocycles. The van der Waals surface area contributed by atoms with E-state index in [2.05, 4.69) is 10.4 Å².